The van der Waals surface area contributed by atoms with E-state index < -0.39 is 8.32 Å². The Bertz CT molecular complexity index is 1730. The zero-order valence-corrected chi connectivity index (χ0v) is 29.5. The van der Waals surface area contributed by atoms with Gasteiger partial charge in [0, 0.05) is 18.2 Å². The highest BCUT2D eigenvalue weighted by molar-refractivity contribution is 6.99. The molecule has 0 saturated carbocycles. The van der Waals surface area contributed by atoms with Gasteiger partial charge in [0.2, 0.25) is 5.95 Å². The van der Waals surface area contributed by atoms with E-state index in [9.17, 15) is 5.11 Å². The molecule has 0 aliphatic carbocycles. The zero-order chi connectivity index (χ0) is 33.6. The molecule has 10 heteroatoms. The van der Waals surface area contributed by atoms with Gasteiger partial charge in [-0.25, -0.2) is 4.98 Å². The second-order valence-electron chi connectivity index (χ2n) is 13.1. The summed E-state index contributed by atoms with van der Waals surface area (Å²) in [7, 11) is -1.02. The van der Waals surface area contributed by atoms with E-state index >= 15 is 0 Å². The van der Waals surface area contributed by atoms with Crippen molar-refractivity contribution in [2.45, 2.75) is 78.1 Å². The van der Waals surface area contributed by atoms with E-state index in [-0.39, 0.29) is 23.6 Å². The number of fused-ring (bicyclic) bond motifs is 1. The molecule has 0 spiro atoms. The van der Waals surface area contributed by atoms with Gasteiger partial charge < -0.3 is 25.3 Å². The van der Waals surface area contributed by atoms with Crippen LogP contribution in [-0.4, -0.2) is 52.9 Å². The van der Waals surface area contributed by atoms with Crippen molar-refractivity contribution >= 4 is 41.5 Å². The number of aryl methyl sites for hydroxylation is 1. The predicted molar refractivity (Wildman–Crippen MR) is 193 cm³/mol. The number of nitrogens with two attached hydrogens (primary N) is 1. The number of aliphatic hydroxyl groups excluding tert-OH is 1. The van der Waals surface area contributed by atoms with Gasteiger partial charge in [-0.15, -0.1) is 0 Å². The summed E-state index contributed by atoms with van der Waals surface area (Å²) >= 11 is 0. The van der Waals surface area contributed by atoms with Crippen molar-refractivity contribution in [3.8, 4) is 5.75 Å². The van der Waals surface area contributed by atoms with Crippen molar-refractivity contribution in [1.29, 1.82) is 0 Å². The van der Waals surface area contributed by atoms with E-state index in [0.717, 1.165) is 47.3 Å². The maximum absolute atomic E-state index is 9.77. The van der Waals surface area contributed by atoms with Crippen LogP contribution in [-0.2, 0) is 17.6 Å². The minimum absolute atomic E-state index is 0.0585. The van der Waals surface area contributed by atoms with Crippen LogP contribution in [0.3, 0.4) is 0 Å². The Balaban J connectivity index is 1.47. The molecule has 0 bridgehead atoms. The van der Waals surface area contributed by atoms with Crippen LogP contribution in [0.4, 0.5) is 11.8 Å². The van der Waals surface area contributed by atoms with E-state index in [1.807, 2.05) is 29.8 Å². The first kappa shape index (κ1) is 34.1. The Morgan fingerprint density at radius 2 is 1.62 bits per heavy atom. The number of aliphatic hydroxyl groups is 1. The van der Waals surface area contributed by atoms with Gasteiger partial charge in [0.1, 0.15) is 16.8 Å². The number of nitrogen functional groups attached to an aromatic ring is 1. The van der Waals surface area contributed by atoms with Crippen LogP contribution < -0.4 is 26.2 Å². The molecule has 0 unspecified atom stereocenters. The molecule has 2 aromatic heterocycles. The molecule has 3 aromatic carbocycles. The zero-order valence-electron chi connectivity index (χ0n) is 28.5. The van der Waals surface area contributed by atoms with E-state index in [1.54, 1.807) is 7.11 Å². The summed E-state index contributed by atoms with van der Waals surface area (Å²) < 4.78 is 14.8. The molecular formula is C37H48N6O3Si. The number of rotatable bonds is 14. The number of nitrogens with one attached hydrogen (secondary N) is 1. The first-order chi connectivity index (χ1) is 22.6. The summed E-state index contributed by atoms with van der Waals surface area (Å²) in [6.07, 6.45) is 2.70. The van der Waals surface area contributed by atoms with Crippen LogP contribution in [0.5, 0.6) is 5.75 Å². The van der Waals surface area contributed by atoms with Gasteiger partial charge in [-0.05, 0) is 52.9 Å². The van der Waals surface area contributed by atoms with Crippen LogP contribution >= 0.6 is 0 Å². The number of anilines is 2. The lowest BCUT2D eigenvalue weighted by atomic mass is 10.1. The second kappa shape index (κ2) is 14.7. The fourth-order valence-electron chi connectivity index (χ4n) is 6.62. The quantitative estimate of drug-likeness (QED) is 0.129. The van der Waals surface area contributed by atoms with Gasteiger partial charge in [-0.2, -0.15) is 10.1 Å². The Morgan fingerprint density at radius 3 is 2.19 bits per heavy atom. The van der Waals surface area contributed by atoms with Gasteiger partial charge in [-0.1, -0.05) is 101 Å². The van der Waals surface area contributed by atoms with Crippen molar-refractivity contribution in [2.75, 3.05) is 24.8 Å². The van der Waals surface area contributed by atoms with Crippen molar-refractivity contribution < 1.29 is 14.3 Å². The molecule has 5 rings (SSSR count). The van der Waals surface area contributed by atoms with Crippen LogP contribution in [0.1, 0.15) is 63.8 Å². The Hall–Kier alpha value is -4.25. The molecule has 0 fully saturated rings. The molecule has 248 valence electrons. The lowest BCUT2D eigenvalue weighted by Crippen LogP contribution is -2.66. The molecule has 0 saturated heterocycles. The lowest BCUT2D eigenvalue weighted by molar-refractivity contribution is 0.281. The third-order valence-corrected chi connectivity index (χ3v) is 13.8. The minimum atomic E-state index is -2.67. The maximum atomic E-state index is 9.77. The van der Waals surface area contributed by atoms with Crippen molar-refractivity contribution in [3.63, 3.8) is 0 Å². The molecular weight excluding hydrogens is 605 g/mol. The number of aromatic nitrogens is 4. The van der Waals surface area contributed by atoms with Gasteiger partial charge in [0.25, 0.3) is 8.32 Å². The number of nitrogens with zero attached hydrogens (tertiary/aromatic N) is 4. The number of hydrogen-bond acceptors (Lipinski definition) is 8. The molecule has 9 nitrogen and oxygen atoms in total. The molecule has 0 radical (unpaired) electrons. The van der Waals surface area contributed by atoms with E-state index in [2.05, 4.69) is 98.7 Å². The Morgan fingerprint density at radius 1 is 0.957 bits per heavy atom. The smallest absolute Gasteiger partial charge is 0.261 e. The summed E-state index contributed by atoms with van der Waals surface area (Å²) in [5, 5.41) is 20.8. The SMILES string of the molecule is CCC[C@@H](CCO[Si](c1ccccc1)(c1ccccc1)C(C)(C)C)Nc1nc(N)nc2c(C)nn(Cc3cc(CO)ccc3OC)c12. The van der Waals surface area contributed by atoms with E-state index in [1.165, 1.54) is 10.4 Å². The van der Waals surface area contributed by atoms with Crippen LogP contribution in [0.15, 0.2) is 78.9 Å². The van der Waals surface area contributed by atoms with Gasteiger partial charge in [0.05, 0.1) is 26.0 Å². The first-order valence-electron chi connectivity index (χ1n) is 16.4. The molecule has 0 aliphatic rings. The third kappa shape index (κ3) is 7.19. The third-order valence-electron chi connectivity index (χ3n) is 8.80. The highest BCUT2D eigenvalue weighted by atomic mass is 28.4. The topological polar surface area (TPSA) is 120 Å². The highest BCUT2D eigenvalue weighted by Crippen LogP contribution is 2.37. The van der Waals surface area contributed by atoms with Gasteiger partial charge in [-0.3, -0.25) is 4.68 Å². The highest BCUT2D eigenvalue weighted by Gasteiger charge is 2.50. The van der Waals surface area contributed by atoms with Gasteiger partial charge >= 0.3 is 0 Å². The second-order valence-corrected chi connectivity index (χ2v) is 17.4. The van der Waals surface area contributed by atoms with Crippen LogP contribution in [0.25, 0.3) is 11.0 Å². The van der Waals surface area contributed by atoms with E-state index in [0.29, 0.717) is 24.5 Å². The monoisotopic (exact) mass is 652 g/mol. The standard InChI is InChI=1S/C37H48N6O3Si/c1-7-14-29(21-22-46-47(37(3,4)5,30-15-10-8-11-16-30)31-17-12-9-13-18-31)39-35-34-33(40-36(38)41-35)26(2)42-43(34)24-28-23-27(25-44)19-20-32(28)45-6/h8-13,15-20,23,29,44H,7,14,21-22,24-25H2,1-6H3,(H3,38,39,40,41)/t29-/m0/s1. The van der Waals surface area contributed by atoms with Crippen LogP contribution in [0, 0.1) is 6.92 Å². The Labute approximate surface area is 279 Å². The lowest BCUT2D eigenvalue weighted by Gasteiger charge is -2.43. The summed E-state index contributed by atoms with van der Waals surface area (Å²) in [4.78, 5) is 9.27. The Kier molecular flexibility index (Phi) is 10.6. The number of benzene rings is 3. The first-order valence-corrected chi connectivity index (χ1v) is 18.3. The summed E-state index contributed by atoms with van der Waals surface area (Å²) in [6, 6.07) is 27.2. The average Bonchev–Trinajstić information content (AvgIpc) is 3.37. The van der Waals surface area contributed by atoms with E-state index in [4.69, 9.17) is 25.0 Å². The van der Waals surface area contributed by atoms with Crippen molar-refractivity contribution in [1.82, 2.24) is 19.7 Å². The average molecular weight is 653 g/mol. The molecule has 0 aliphatic heterocycles. The largest absolute Gasteiger partial charge is 0.496 e. The molecule has 4 N–H and O–H groups in total. The molecule has 2 heterocycles. The fourth-order valence-corrected chi connectivity index (χ4v) is 11.2. The molecule has 47 heavy (non-hydrogen) atoms. The summed E-state index contributed by atoms with van der Waals surface area (Å²) in [5.74, 6) is 1.56. The number of hydrogen-bond donors (Lipinski definition) is 3. The summed E-state index contributed by atoms with van der Waals surface area (Å²) in [6.45, 7) is 12.0. The van der Waals surface area contributed by atoms with Crippen molar-refractivity contribution in [3.05, 3.63) is 95.7 Å². The van der Waals surface area contributed by atoms with Crippen LogP contribution in [0.2, 0.25) is 5.04 Å². The number of ether oxygens (including phenoxy) is 1. The maximum Gasteiger partial charge on any atom is 0.261 e. The minimum Gasteiger partial charge on any atom is -0.496 e. The number of methoxy groups -OCH3 is 1. The normalized spacial score (nSPS) is 12.7. The van der Waals surface area contributed by atoms with Gasteiger partial charge in [0.15, 0.2) is 5.82 Å². The molecule has 0 amide bonds. The summed E-state index contributed by atoms with van der Waals surface area (Å²) in [5.41, 5.74) is 10.2. The molecule has 5 aromatic rings. The molecule has 1 atom stereocenters. The van der Waals surface area contributed by atoms with Crippen molar-refractivity contribution in [2.24, 2.45) is 0 Å². The fraction of sp³-hybridized carbons (Fsp3) is 0.378. The predicted octanol–water partition coefficient (Wildman–Crippen LogP) is 5.81.